The van der Waals surface area contributed by atoms with Crippen molar-refractivity contribution in [3.05, 3.63) is 0 Å². The van der Waals surface area contributed by atoms with Crippen LogP contribution in [0.25, 0.3) is 0 Å². The van der Waals surface area contributed by atoms with Gasteiger partial charge in [-0.1, -0.05) is 13.8 Å². The van der Waals surface area contributed by atoms with Gasteiger partial charge in [0.25, 0.3) is 0 Å². The highest BCUT2D eigenvalue weighted by molar-refractivity contribution is 5.74. The summed E-state index contributed by atoms with van der Waals surface area (Å²) in [7, 11) is 0. The SMILES string of the molecule is CC(=O)N1CC2(C1)C(C)C2C. The zero-order valence-electron chi connectivity index (χ0n) is 7.42. The van der Waals surface area contributed by atoms with Crippen LogP contribution in [0.15, 0.2) is 0 Å². The zero-order valence-corrected chi connectivity index (χ0v) is 7.42. The Hall–Kier alpha value is -0.530. The fraction of sp³-hybridized carbons (Fsp3) is 0.889. The number of amides is 1. The van der Waals surface area contributed by atoms with E-state index in [1.165, 1.54) is 0 Å². The van der Waals surface area contributed by atoms with E-state index >= 15 is 0 Å². The molecule has 1 aliphatic carbocycles. The summed E-state index contributed by atoms with van der Waals surface area (Å²) < 4.78 is 0. The van der Waals surface area contributed by atoms with E-state index in [9.17, 15) is 4.79 Å². The van der Waals surface area contributed by atoms with Crippen molar-refractivity contribution < 1.29 is 4.79 Å². The minimum atomic E-state index is 0.238. The minimum Gasteiger partial charge on any atom is -0.342 e. The average Bonchev–Trinajstić information content (AvgIpc) is 2.33. The van der Waals surface area contributed by atoms with Crippen molar-refractivity contribution >= 4 is 5.91 Å². The van der Waals surface area contributed by atoms with Crippen molar-refractivity contribution in [1.29, 1.82) is 0 Å². The molecule has 1 amide bonds. The first kappa shape index (κ1) is 7.14. The second-order valence-electron chi connectivity index (χ2n) is 4.19. The maximum absolute atomic E-state index is 10.9. The van der Waals surface area contributed by atoms with E-state index in [-0.39, 0.29) is 5.91 Å². The van der Waals surface area contributed by atoms with Gasteiger partial charge in [0.1, 0.15) is 0 Å². The van der Waals surface area contributed by atoms with Crippen molar-refractivity contribution in [2.45, 2.75) is 20.8 Å². The maximum atomic E-state index is 10.9. The number of carbonyl (C=O) groups is 1. The normalized spacial score (nSPS) is 38.6. The van der Waals surface area contributed by atoms with Crippen LogP contribution in [0.3, 0.4) is 0 Å². The highest BCUT2D eigenvalue weighted by Gasteiger charge is 2.65. The van der Waals surface area contributed by atoms with Crippen LogP contribution in [0.2, 0.25) is 0 Å². The molecular weight excluding hydrogens is 138 g/mol. The average molecular weight is 153 g/mol. The van der Waals surface area contributed by atoms with E-state index in [0.29, 0.717) is 5.41 Å². The van der Waals surface area contributed by atoms with Crippen molar-refractivity contribution in [1.82, 2.24) is 4.90 Å². The molecule has 2 nitrogen and oxygen atoms in total. The molecule has 2 rings (SSSR count). The van der Waals surface area contributed by atoms with Crippen LogP contribution in [-0.4, -0.2) is 23.9 Å². The Kier molecular flexibility index (Phi) is 1.16. The van der Waals surface area contributed by atoms with E-state index in [2.05, 4.69) is 13.8 Å². The van der Waals surface area contributed by atoms with E-state index in [1.54, 1.807) is 6.92 Å². The van der Waals surface area contributed by atoms with Crippen LogP contribution in [0.4, 0.5) is 0 Å². The van der Waals surface area contributed by atoms with Gasteiger partial charge in [-0.15, -0.1) is 0 Å². The van der Waals surface area contributed by atoms with Gasteiger partial charge < -0.3 is 4.90 Å². The monoisotopic (exact) mass is 153 g/mol. The fourth-order valence-electron chi connectivity index (χ4n) is 2.41. The summed E-state index contributed by atoms with van der Waals surface area (Å²) >= 11 is 0. The molecule has 1 heterocycles. The van der Waals surface area contributed by atoms with Gasteiger partial charge in [0.2, 0.25) is 5.91 Å². The van der Waals surface area contributed by atoms with Crippen molar-refractivity contribution in [3.63, 3.8) is 0 Å². The fourth-order valence-corrected chi connectivity index (χ4v) is 2.41. The number of hydrogen-bond acceptors (Lipinski definition) is 1. The Balaban J connectivity index is 1.94. The topological polar surface area (TPSA) is 20.3 Å². The standard InChI is InChI=1S/C9H15NO/c1-6-7(2)9(6)4-10(5-9)8(3)11/h6-7H,4-5H2,1-3H3. The molecule has 11 heavy (non-hydrogen) atoms. The predicted octanol–water partition coefficient (Wildman–Crippen LogP) is 1.12. The quantitative estimate of drug-likeness (QED) is 0.510. The zero-order chi connectivity index (χ0) is 8.22. The summed E-state index contributed by atoms with van der Waals surface area (Å²) in [5.41, 5.74) is 0.547. The first-order chi connectivity index (χ1) is 5.08. The number of likely N-dealkylation sites (tertiary alicyclic amines) is 1. The molecule has 2 unspecified atom stereocenters. The van der Waals surface area contributed by atoms with Gasteiger partial charge in [0, 0.05) is 25.4 Å². The molecule has 1 saturated heterocycles. The Labute approximate surface area is 67.6 Å². The van der Waals surface area contributed by atoms with Crippen LogP contribution in [-0.2, 0) is 4.79 Å². The number of rotatable bonds is 0. The van der Waals surface area contributed by atoms with Gasteiger partial charge >= 0.3 is 0 Å². The molecule has 2 aliphatic rings. The lowest BCUT2D eigenvalue weighted by atomic mass is 9.92. The van der Waals surface area contributed by atoms with Crippen LogP contribution in [0, 0.1) is 17.3 Å². The second-order valence-corrected chi connectivity index (χ2v) is 4.19. The smallest absolute Gasteiger partial charge is 0.219 e. The molecule has 0 aromatic heterocycles. The van der Waals surface area contributed by atoms with Crippen LogP contribution < -0.4 is 0 Å². The lowest BCUT2D eigenvalue weighted by Crippen LogP contribution is -2.52. The summed E-state index contributed by atoms with van der Waals surface area (Å²) in [6.45, 7) is 8.28. The van der Waals surface area contributed by atoms with E-state index < -0.39 is 0 Å². The van der Waals surface area contributed by atoms with E-state index in [4.69, 9.17) is 0 Å². The lowest BCUT2D eigenvalue weighted by molar-refractivity contribution is -0.136. The molecule has 0 radical (unpaired) electrons. The van der Waals surface area contributed by atoms with Gasteiger partial charge in [0.05, 0.1) is 0 Å². The maximum Gasteiger partial charge on any atom is 0.219 e. The molecule has 0 aromatic rings. The molecule has 2 fully saturated rings. The molecule has 2 atom stereocenters. The Morgan fingerprint density at radius 1 is 1.36 bits per heavy atom. The Morgan fingerprint density at radius 2 is 1.82 bits per heavy atom. The third-order valence-electron chi connectivity index (χ3n) is 3.87. The van der Waals surface area contributed by atoms with Gasteiger partial charge in [-0.25, -0.2) is 0 Å². The summed E-state index contributed by atoms with van der Waals surface area (Å²) in [4.78, 5) is 12.8. The molecule has 1 saturated carbocycles. The van der Waals surface area contributed by atoms with E-state index in [1.807, 2.05) is 4.90 Å². The Morgan fingerprint density at radius 3 is 2.09 bits per heavy atom. The molecular formula is C9H15NO. The first-order valence-electron chi connectivity index (χ1n) is 4.33. The summed E-state index contributed by atoms with van der Waals surface area (Å²) in [6, 6.07) is 0. The van der Waals surface area contributed by atoms with Gasteiger partial charge in [-0.05, 0) is 11.8 Å². The molecule has 0 N–H and O–H groups in total. The van der Waals surface area contributed by atoms with Crippen molar-refractivity contribution in [2.24, 2.45) is 17.3 Å². The summed E-state index contributed by atoms with van der Waals surface area (Å²) in [6.07, 6.45) is 0. The molecule has 1 aliphatic heterocycles. The number of hydrogen-bond donors (Lipinski definition) is 0. The molecule has 1 spiro atoms. The molecule has 0 aromatic carbocycles. The molecule has 0 bridgehead atoms. The van der Waals surface area contributed by atoms with Crippen LogP contribution >= 0.6 is 0 Å². The third-order valence-corrected chi connectivity index (χ3v) is 3.87. The highest BCUT2D eigenvalue weighted by Crippen LogP contribution is 2.63. The van der Waals surface area contributed by atoms with Gasteiger partial charge in [-0.2, -0.15) is 0 Å². The lowest BCUT2D eigenvalue weighted by Gasteiger charge is -2.40. The highest BCUT2D eigenvalue weighted by atomic mass is 16.2. The van der Waals surface area contributed by atoms with Gasteiger partial charge in [-0.3, -0.25) is 4.79 Å². The number of carbonyl (C=O) groups excluding carboxylic acids is 1. The van der Waals surface area contributed by atoms with Crippen molar-refractivity contribution in [2.75, 3.05) is 13.1 Å². The molecule has 2 heteroatoms. The number of nitrogens with zero attached hydrogens (tertiary/aromatic N) is 1. The van der Waals surface area contributed by atoms with Gasteiger partial charge in [0.15, 0.2) is 0 Å². The van der Waals surface area contributed by atoms with E-state index in [0.717, 1.165) is 24.9 Å². The van der Waals surface area contributed by atoms with Crippen LogP contribution in [0.5, 0.6) is 0 Å². The second kappa shape index (κ2) is 1.79. The largest absolute Gasteiger partial charge is 0.342 e. The Bertz CT molecular complexity index is 196. The minimum absolute atomic E-state index is 0.238. The van der Waals surface area contributed by atoms with Crippen LogP contribution in [0.1, 0.15) is 20.8 Å². The third kappa shape index (κ3) is 0.700. The van der Waals surface area contributed by atoms with Crippen molar-refractivity contribution in [3.8, 4) is 0 Å². The summed E-state index contributed by atoms with van der Waals surface area (Å²) in [5.74, 6) is 1.93. The molecule has 62 valence electrons. The first-order valence-corrected chi connectivity index (χ1v) is 4.33. The summed E-state index contributed by atoms with van der Waals surface area (Å²) in [5, 5.41) is 0. The predicted molar refractivity (Wildman–Crippen MR) is 43.0 cm³/mol.